The highest BCUT2D eigenvalue weighted by atomic mass is 32.1. The van der Waals surface area contributed by atoms with Crippen LogP contribution >= 0.6 is 22.7 Å². The molecular formula is C13H8O3S2. The summed E-state index contributed by atoms with van der Waals surface area (Å²) in [6.07, 6.45) is 0. The molecule has 2 aromatic rings. The highest BCUT2D eigenvalue weighted by molar-refractivity contribution is 7.23. The van der Waals surface area contributed by atoms with Gasteiger partial charge in [0.2, 0.25) is 0 Å². The number of rotatable bonds is 3. The Balaban J connectivity index is 2.30. The zero-order chi connectivity index (χ0) is 13.1. The van der Waals surface area contributed by atoms with Gasteiger partial charge in [0, 0.05) is 9.75 Å². The van der Waals surface area contributed by atoms with Crippen LogP contribution in [-0.4, -0.2) is 16.9 Å². The molecule has 0 aromatic carbocycles. The van der Waals surface area contributed by atoms with Gasteiger partial charge in [0.15, 0.2) is 0 Å². The summed E-state index contributed by atoms with van der Waals surface area (Å²) in [7, 11) is 0. The van der Waals surface area contributed by atoms with Crippen molar-refractivity contribution in [2.75, 3.05) is 0 Å². The number of carbonyl (C=O) groups excluding carboxylic acids is 1. The largest absolute Gasteiger partial charge is 0.475 e. The van der Waals surface area contributed by atoms with Crippen LogP contribution in [0.2, 0.25) is 0 Å². The second-order valence-electron chi connectivity index (χ2n) is 3.34. The van der Waals surface area contributed by atoms with Crippen molar-refractivity contribution in [1.82, 2.24) is 0 Å². The first-order valence-corrected chi connectivity index (χ1v) is 6.65. The molecule has 0 saturated carbocycles. The van der Waals surface area contributed by atoms with Gasteiger partial charge in [-0.2, -0.15) is 0 Å². The van der Waals surface area contributed by atoms with Crippen molar-refractivity contribution in [2.45, 2.75) is 6.92 Å². The van der Waals surface area contributed by atoms with Crippen LogP contribution in [0.4, 0.5) is 0 Å². The van der Waals surface area contributed by atoms with Gasteiger partial charge in [-0.05, 0) is 31.2 Å². The highest BCUT2D eigenvalue weighted by Crippen LogP contribution is 2.33. The third-order valence-corrected chi connectivity index (χ3v) is 4.40. The van der Waals surface area contributed by atoms with Gasteiger partial charge in [-0.1, -0.05) is 5.92 Å². The number of Topliss-reactive ketones (excluding diaryl/α,β-unsaturated/α-hetero) is 1. The van der Waals surface area contributed by atoms with Crippen molar-refractivity contribution in [1.29, 1.82) is 0 Å². The molecule has 0 aliphatic heterocycles. The van der Waals surface area contributed by atoms with Gasteiger partial charge in [0.25, 0.3) is 5.78 Å². The summed E-state index contributed by atoms with van der Waals surface area (Å²) in [4.78, 5) is 24.9. The van der Waals surface area contributed by atoms with Crippen molar-refractivity contribution < 1.29 is 14.7 Å². The average Bonchev–Trinajstić information content (AvgIpc) is 2.96. The second-order valence-corrected chi connectivity index (χ2v) is 5.50. The molecule has 3 nitrogen and oxygen atoms in total. The normalized spacial score (nSPS) is 9.61. The first-order chi connectivity index (χ1) is 8.61. The van der Waals surface area contributed by atoms with E-state index in [4.69, 9.17) is 5.11 Å². The summed E-state index contributed by atoms with van der Waals surface area (Å²) in [6.45, 7) is 1.77. The minimum atomic E-state index is -1.42. The molecule has 0 amide bonds. The van der Waals surface area contributed by atoms with E-state index >= 15 is 0 Å². The minimum Gasteiger partial charge on any atom is -0.475 e. The lowest BCUT2D eigenvalue weighted by atomic mass is 10.3. The van der Waals surface area contributed by atoms with Crippen molar-refractivity contribution in [3.63, 3.8) is 0 Å². The monoisotopic (exact) mass is 276 g/mol. The fourth-order valence-electron chi connectivity index (χ4n) is 1.36. The maximum Gasteiger partial charge on any atom is 0.378 e. The van der Waals surface area contributed by atoms with Crippen molar-refractivity contribution in [2.24, 2.45) is 0 Å². The minimum absolute atomic E-state index is 0.244. The Hall–Kier alpha value is -1.90. The van der Waals surface area contributed by atoms with Gasteiger partial charge in [-0.15, -0.1) is 28.6 Å². The van der Waals surface area contributed by atoms with Crippen LogP contribution < -0.4 is 0 Å². The van der Waals surface area contributed by atoms with Gasteiger partial charge in [0.1, 0.15) is 0 Å². The summed E-state index contributed by atoms with van der Waals surface area (Å²) in [5.41, 5.74) is 0. The van der Waals surface area contributed by atoms with Crippen LogP contribution in [0.3, 0.4) is 0 Å². The Morgan fingerprint density at radius 1 is 1.11 bits per heavy atom. The molecule has 2 rings (SSSR count). The van der Waals surface area contributed by atoms with Crippen LogP contribution in [0.1, 0.15) is 21.5 Å². The lowest BCUT2D eigenvalue weighted by molar-refractivity contribution is -0.131. The van der Waals surface area contributed by atoms with E-state index in [1.807, 2.05) is 12.1 Å². The third-order valence-electron chi connectivity index (χ3n) is 2.12. The maximum absolute atomic E-state index is 11.3. The van der Waals surface area contributed by atoms with Gasteiger partial charge < -0.3 is 5.11 Å². The van der Waals surface area contributed by atoms with Crippen molar-refractivity contribution >= 4 is 34.4 Å². The smallest absolute Gasteiger partial charge is 0.378 e. The molecule has 0 fully saturated rings. The lowest BCUT2D eigenvalue weighted by Crippen LogP contribution is -2.10. The first kappa shape index (κ1) is 12.6. The summed E-state index contributed by atoms with van der Waals surface area (Å²) in [5.74, 6) is 3.49. The Morgan fingerprint density at radius 2 is 1.78 bits per heavy atom. The molecule has 18 heavy (non-hydrogen) atoms. The number of aliphatic carboxylic acids is 1. The third kappa shape index (κ3) is 2.50. The number of hydrogen-bond acceptors (Lipinski definition) is 4. The summed E-state index contributed by atoms with van der Waals surface area (Å²) in [5, 5.41) is 8.63. The van der Waals surface area contributed by atoms with Crippen LogP contribution in [0.5, 0.6) is 0 Å². The molecule has 90 valence electrons. The second kappa shape index (κ2) is 5.17. The van der Waals surface area contributed by atoms with E-state index in [2.05, 4.69) is 11.8 Å². The Labute approximate surface area is 112 Å². The van der Waals surface area contributed by atoms with E-state index in [1.165, 1.54) is 22.7 Å². The predicted molar refractivity (Wildman–Crippen MR) is 72.2 cm³/mol. The fraction of sp³-hybridized carbons (Fsp3) is 0.0769. The number of ketones is 1. The number of carboxylic acids is 1. The van der Waals surface area contributed by atoms with Gasteiger partial charge >= 0.3 is 5.97 Å². The molecule has 0 aliphatic rings. The average molecular weight is 276 g/mol. The van der Waals surface area contributed by atoms with Crippen LogP contribution in [0.25, 0.3) is 9.75 Å². The standard InChI is InChI=1S/C13H8O3S2/c1-2-3-8-4-5-9(17-8)10-6-7-11(18-10)12(14)13(15)16/h4-7H,1H3,(H,15,16). The van der Waals surface area contributed by atoms with E-state index < -0.39 is 11.8 Å². The Kier molecular flexibility index (Phi) is 3.60. The van der Waals surface area contributed by atoms with Gasteiger partial charge in [-0.25, -0.2) is 4.79 Å². The summed E-state index contributed by atoms with van der Waals surface area (Å²) < 4.78 is 0. The van der Waals surface area contributed by atoms with Gasteiger partial charge in [-0.3, -0.25) is 4.79 Å². The molecule has 0 unspecified atom stereocenters. The Morgan fingerprint density at radius 3 is 2.44 bits per heavy atom. The topological polar surface area (TPSA) is 54.4 Å². The highest BCUT2D eigenvalue weighted by Gasteiger charge is 2.17. The molecule has 0 aliphatic carbocycles. The predicted octanol–water partition coefficient (Wildman–Crippen LogP) is 3.12. The zero-order valence-corrected chi connectivity index (χ0v) is 11.0. The molecule has 1 N–H and O–H groups in total. The molecule has 0 spiro atoms. The number of carboxylic acid groups (broad SMARTS) is 1. The lowest BCUT2D eigenvalue weighted by Gasteiger charge is -1.89. The van der Waals surface area contributed by atoms with Gasteiger partial charge in [0.05, 0.1) is 9.75 Å². The quantitative estimate of drug-likeness (QED) is 0.532. The molecule has 0 bridgehead atoms. The molecule has 0 saturated heterocycles. The van der Waals surface area contributed by atoms with E-state index in [-0.39, 0.29) is 4.88 Å². The zero-order valence-electron chi connectivity index (χ0n) is 9.39. The maximum atomic E-state index is 11.3. The Bertz CT molecular complexity index is 668. The molecular weight excluding hydrogens is 268 g/mol. The van der Waals surface area contributed by atoms with E-state index in [0.29, 0.717) is 0 Å². The number of carbonyl (C=O) groups is 2. The van der Waals surface area contributed by atoms with Crippen molar-refractivity contribution in [3.05, 3.63) is 34.0 Å². The molecule has 2 aromatic heterocycles. The SMILES string of the molecule is CC#Cc1ccc(-c2ccc(C(=O)C(=O)O)s2)s1. The van der Waals surface area contributed by atoms with Crippen LogP contribution in [-0.2, 0) is 4.79 Å². The number of hydrogen-bond donors (Lipinski definition) is 1. The molecule has 2 heterocycles. The van der Waals surface area contributed by atoms with E-state index in [1.54, 1.807) is 19.1 Å². The molecule has 0 atom stereocenters. The van der Waals surface area contributed by atoms with E-state index in [9.17, 15) is 9.59 Å². The van der Waals surface area contributed by atoms with E-state index in [0.717, 1.165) is 14.6 Å². The fourth-order valence-corrected chi connectivity index (χ4v) is 3.30. The molecule has 5 heteroatoms. The van der Waals surface area contributed by atoms with Crippen LogP contribution in [0, 0.1) is 11.8 Å². The van der Waals surface area contributed by atoms with Crippen LogP contribution in [0.15, 0.2) is 24.3 Å². The molecule has 0 radical (unpaired) electrons. The summed E-state index contributed by atoms with van der Waals surface area (Å²) >= 11 is 2.71. The first-order valence-electron chi connectivity index (χ1n) is 5.02. The number of thiophene rings is 2. The van der Waals surface area contributed by atoms with Crippen molar-refractivity contribution in [3.8, 4) is 21.6 Å². The summed E-state index contributed by atoms with van der Waals surface area (Å²) in [6, 6.07) is 7.14.